The van der Waals surface area contributed by atoms with Crippen molar-refractivity contribution in [1.82, 2.24) is 4.98 Å². The number of aromatic nitrogens is 1. The van der Waals surface area contributed by atoms with Crippen LogP contribution in [0.25, 0.3) is 11.3 Å². The first-order chi connectivity index (χ1) is 6.25. The summed E-state index contributed by atoms with van der Waals surface area (Å²) in [6.07, 6.45) is 1.51. The summed E-state index contributed by atoms with van der Waals surface area (Å²) in [4.78, 5) is 3.74. The Bertz CT molecular complexity index is 425. The molecule has 0 fully saturated rings. The Morgan fingerprint density at radius 2 is 2.23 bits per heavy atom. The molecule has 0 aliphatic carbocycles. The maximum Gasteiger partial charge on any atom is 0.292 e. The second-order valence-corrected chi connectivity index (χ2v) is 2.85. The van der Waals surface area contributed by atoms with E-state index in [4.69, 9.17) is 16.0 Å². The number of halogens is 1. The van der Waals surface area contributed by atoms with E-state index in [0.29, 0.717) is 5.76 Å². The quantitative estimate of drug-likeness (QED) is 0.761. The van der Waals surface area contributed by atoms with Gasteiger partial charge in [0.25, 0.3) is 5.35 Å². The number of hydrogen-bond donors (Lipinski definition) is 1. The lowest BCUT2D eigenvalue weighted by molar-refractivity contribution is 0.475. The fourth-order valence-corrected chi connectivity index (χ4v) is 1.18. The lowest BCUT2D eigenvalue weighted by Crippen LogP contribution is -1.71. The van der Waals surface area contributed by atoms with Crippen LogP contribution in [0.3, 0.4) is 0 Å². The number of aromatic hydroxyl groups is 1. The first kappa shape index (κ1) is 8.13. The first-order valence-corrected chi connectivity index (χ1v) is 4.04. The molecule has 4 heteroatoms. The van der Waals surface area contributed by atoms with Gasteiger partial charge in [-0.2, -0.15) is 0 Å². The Kier molecular flexibility index (Phi) is 1.94. The van der Waals surface area contributed by atoms with Gasteiger partial charge in [0.05, 0.1) is 6.20 Å². The minimum absolute atomic E-state index is 0.0957. The van der Waals surface area contributed by atoms with Gasteiger partial charge < -0.3 is 9.52 Å². The van der Waals surface area contributed by atoms with Crippen LogP contribution in [0.1, 0.15) is 0 Å². The average molecular weight is 196 g/mol. The molecular formula is C9H6ClNO2. The van der Waals surface area contributed by atoms with Crippen molar-refractivity contribution in [3.63, 3.8) is 0 Å². The zero-order valence-electron chi connectivity index (χ0n) is 6.57. The van der Waals surface area contributed by atoms with Gasteiger partial charge in [-0.25, -0.2) is 4.98 Å². The number of oxazole rings is 1. The first-order valence-electron chi connectivity index (χ1n) is 3.66. The van der Waals surface area contributed by atoms with Gasteiger partial charge in [0.15, 0.2) is 5.76 Å². The second-order valence-electron chi connectivity index (χ2n) is 2.53. The smallest absolute Gasteiger partial charge is 0.292 e. The van der Waals surface area contributed by atoms with E-state index in [1.54, 1.807) is 24.3 Å². The van der Waals surface area contributed by atoms with Crippen LogP contribution in [0, 0.1) is 0 Å². The highest BCUT2D eigenvalue weighted by atomic mass is 35.5. The minimum atomic E-state index is 0.0957. The third kappa shape index (κ3) is 1.65. The fraction of sp³-hybridized carbons (Fsp3) is 0. The Hall–Kier alpha value is -1.48. The van der Waals surface area contributed by atoms with Crippen LogP contribution in [0.15, 0.2) is 34.9 Å². The van der Waals surface area contributed by atoms with Gasteiger partial charge in [-0.05, 0) is 23.7 Å². The molecule has 0 saturated carbocycles. The third-order valence-corrected chi connectivity index (χ3v) is 1.78. The molecular weight excluding hydrogens is 190 g/mol. The van der Waals surface area contributed by atoms with Crippen molar-refractivity contribution in [3.8, 4) is 17.1 Å². The molecule has 13 heavy (non-hydrogen) atoms. The molecule has 0 aliphatic heterocycles. The molecule has 0 aliphatic rings. The molecule has 0 atom stereocenters. The standard InChI is InChI=1S/C9H6ClNO2/c10-9-11-5-8(13-9)6-2-1-3-7(12)4-6/h1-5,12H. The number of benzene rings is 1. The highest BCUT2D eigenvalue weighted by Crippen LogP contribution is 2.24. The zero-order valence-corrected chi connectivity index (χ0v) is 7.32. The van der Waals surface area contributed by atoms with E-state index >= 15 is 0 Å². The topological polar surface area (TPSA) is 46.3 Å². The predicted molar refractivity (Wildman–Crippen MR) is 48.6 cm³/mol. The molecule has 0 amide bonds. The molecule has 2 rings (SSSR count). The van der Waals surface area contributed by atoms with Crippen molar-refractivity contribution in [3.05, 3.63) is 35.8 Å². The van der Waals surface area contributed by atoms with Crippen molar-refractivity contribution >= 4 is 11.6 Å². The van der Waals surface area contributed by atoms with Gasteiger partial charge in [0.2, 0.25) is 0 Å². The molecule has 1 heterocycles. The van der Waals surface area contributed by atoms with Crippen molar-refractivity contribution < 1.29 is 9.52 Å². The fourth-order valence-electron chi connectivity index (χ4n) is 1.05. The molecule has 0 saturated heterocycles. The monoisotopic (exact) mass is 195 g/mol. The average Bonchev–Trinajstić information content (AvgIpc) is 2.52. The largest absolute Gasteiger partial charge is 0.508 e. The number of nitrogens with zero attached hydrogens (tertiary/aromatic N) is 1. The van der Waals surface area contributed by atoms with E-state index in [2.05, 4.69) is 4.98 Å². The van der Waals surface area contributed by atoms with E-state index in [1.807, 2.05) is 0 Å². The molecule has 66 valence electrons. The van der Waals surface area contributed by atoms with E-state index in [0.717, 1.165) is 5.56 Å². The summed E-state index contributed by atoms with van der Waals surface area (Å²) in [5, 5.41) is 9.28. The van der Waals surface area contributed by atoms with Crippen LogP contribution in [0.5, 0.6) is 5.75 Å². The SMILES string of the molecule is Oc1cccc(-c2cnc(Cl)o2)c1. The molecule has 1 aromatic carbocycles. The van der Waals surface area contributed by atoms with Crippen LogP contribution in [-0.4, -0.2) is 10.1 Å². The van der Waals surface area contributed by atoms with E-state index in [1.165, 1.54) is 6.20 Å². The molecule has 0 spiro atoms. The molecule has 1 N–H and O–H groups in total. The summed E-state index contributed by atoms with van der Waals surface area (Å²) in [5.41, 5.74) is 0.749. The number of phenols is 1. The van der Waals surface area contributed by atoms with Gasteiger partial charge in [-0.3, -0.25) is 0 Å². The summed E-state index contributed by atoms with van der Waals surface area (Å²) in [6.45, 7) is 0. The third-order valence-electron chi connectivity index (χ3n) is 1.61. The molecule has 2 aromatic rings. The normalized spacial score (nSPS) is 10.2. The maximum absolute atomic E-state index is 9.19. The summed E-state index contributed by atoms with van der Waals surface area (Å²) >= 11 is 5.51. The van der Waals surface area contributed by atoms with E-state index in [-0.39, 0.29) is 11.1 Å². The highest BCUT2D eigenvalue weighted by Gasteiger charge is 2.04. The summed E-state index contributed by atoms with van der Waals surface area (Å²) in [7, 11) is 0. The predicted octanol–water partition coefficient (Wildman–Crippen LogP) is 2.70. The molecule has 0 bridgehead atoms. The maximum atomic E-state index is 9.19. The Morgan fingerprint density at radius 3 is 2.85 bits per heavy atom. The van der Waals surface area contributed by atoms with E-state index in [9.17, 15) is 5.11 Å². The van der Waals surface area contributed by atoms with E-state index < -0.39 is 0 Å². The lowest BCUT2D eigenvalue weighted by atomic mass is 10.2. The van der Waals surface area contributed by atoms with Crippen LogP contribution in [0.2, 0.25) is 5.35 Å². The van der Waals surface area contributed by atoms with Gasteiger partial charge in [-0.1, -0.05) is 12.1 Å². The molecule has 1 aromatic heterocycles. The Labute approximate surface area is 79.6 Å². The number of rotatable bonds is 1. The summed E-state index contributed by atoms with van der Waals surface area (Å²) in [6, 6.07) is 6.69. The van der Waals surface area contributed by atoms with Crippen LogP contribution in [0.4, 0.5) is 0 Å². The second kappa shape index (κ2) is 3.11. The van der Waals surface area contributed by atoms with Gasteiger partial charge in [-0.15, -0.1) is 0 Å². The Morgan fingerprint density at radius 1 is 1.38 bits per heavy atom. The molecule has 3 nitrogen and oxygen atoms in total. The van der Waals surface area contributed by atoms with Gasteiger partial charge >= 0.3 is 0 Å². The molecule has 0 radical (unpaired) electrons. The van der Waals surface area contributed by atoms with Crippen LogP contribution in [-0.2, 0) is 0 Å². The van der Waals surface area contributed by atoms with Gasteiger partial charge in [0, 0.05) is 5.56 Å². The lowest BCUT2D eigenvalue weighted by Gasteiger charge is -1.95. The summed E-state index contributed by atoms with van der Waals surface area (Å²) in [5.74, 6) is 0.728. The van der Waals surface area contributed by atoms with Crippen molar-refractivity contribution in [2.24, 2.45) is 0 Å². The van der Waals surface area contributed by atoms with Gasteiger partial charge in [0.1, 0.15) is 5.75 Å². The van der Waals surface area contributed by atoms with Crippen molar-refractivity contribution in [2.75, 3.05) is 0 Å². The molecule has 0 unspecified atom stereocenters. The van der Waals surface area contributed by atoms with Crippen LogP contribution >= 0.6 is 11.6 Å². The minimum Gasteiger partial charge on any atom is -0.508 e. The van der Waals surface area contributed by atoms with Crippen molar-refractivity contribution in [1.29, 1.82) is 0 Å². The van der Waals surface area contributed by atoms with Crippen molar-refractivity contribution in [2.45, 2.75) is 0 Å². The zero-order chi connectivity index (χ0) is 9.26. The number of hydrogen-bond acceptors (Lipinski definition) is 3. The van der Waals surface area contributed by atoms with Crippen LogP contribution < -0.4 is 0 Å². The number of phenolic OH excluding ortho intramolecular Hbond substituents is 1. The Balaban J connectivity index is 2.46. The summed E-state index contributed by atoms with van der Waals surface area (Å²) < 4.78 is 5.07. The highest BCUT2D eigenvalue weighted by molar-refractivity contribution is 6.27.